The summed E-state index contributed by atoms with van der Waals surface area (Å²) in [5, 5.41) is 3.37. The lowest BCUT2D eigenvalue weighted by atomic mass is 10.0. The second-order valence-corrected chi connectivity index (χ2v) is 4.72. The molecule has 0 saturated carbocycles. The lowest BCUT2D eigenvalue weighted by Gasteiger charge is -2.35. The summed E-state index contributed by atoms with van der Waals surface area (Å²) >= 11 is 0. The number of rotatable bonds is 2. The first-order valence-corrected chi connectivity index (χ1v) is 6.30. The number of anilines is 2. The number of carbonyl (C=O) groups is 1. The molecule has 1 N–H and O–H groups in total. The van der Waals surface area contributed by atoms with Crippen molar-refractivity contribution in [1.29, 1.82) is 0 Å². The second kappa shape index (κ2) is 4.78. The van der Waals surface area contributed by atoms with Crippen LogP contribution in [0, 0.1) is 0 Å². The van der Waals surface area contributed by atoms with Gasteiger partial charge in [0.2, 0.25) is 5.91 Å². The van der Waals surface area contributed by atoms with Gasteiger partial charge in [0, 0.05) is 13.5 Å². The van der Waals surface area contributed by atoms with Gasteiger partial charge in [-0.05, 0) is 31.0 Å². The lowest BCUT2D eigenvalue weighted by Crippen LogP contribution is -2.44. The first-order chi connectivity index (χ1) is 8.13. The fraction of sp³-hybridized carbons (Fsp3) is 0.500. The maximum absolute atomic E-state index is 11.7. The molecule has 2 rings (SSSR count). The zero-order valence-electron chi connectivity index (χ0n) is 10.8. The zero-order valence-corrected chi connectivity index (χ0v) is 10.8. The quantitative estimate of drug-likeness (QED) is 0.850. The number of aryl methyl sites for hydroxylation is 1. The minimum absolute atomic E-state index is 0.119. The van der Waals surface area contributed by atoms with Crippen LogP contribution in [-0.2, 0) is 11.2 Å². The molecule has 1 aliphatic heterocycles. The standard InChI is InChI=1S/C14H20N2O/c1-4-5-12-6-7-13-14(8-12)16(11(3)17)10(2)9-15-13/h6-8,10,15H,4-5,9H2,1-3H3. The molecule has 17 heavy (non-hydrogen) atoms. The number of amides is 1. The molecule has 0 saturated heterocycles. The minimum atomic E-state index is 0.119. The molecular formula is C14H20N2O. The Bertz CT molecular complexity index is 428. The maximum atomic E-state index is 11.7. The molecule has 0 bridgehead atoms. The summed E-state index contributed by atoms with van der Waals surface area (Å²) in [5.74, 6) is 0.119. The molecule has 1 aromatic rings. The first-order valence-electron chi connectivity index (χ1n) is 6.30. The van der Waals surface area contributed by atoms with Gasteiger partial charge >= 0.3 is 0 Å². The van der Waals surface area contributed by atoms with Crippen LogP contribution in [0.4, 0.5) is 11.4 Å². The summed E-state index contributed by atoms with van der Waals surface area (Å²) in [6.07, 6.45) is 2.19. The molecule has 1 aromatic carbocycles. The number of nitrogens with one attached hydrogen (secondary N) is 1. The van der Waals surface area contributed by atoms with Crippen molar-refractivity contribution in [1.82, 2.24) is 0 Å². The van der Waals surface area contributed by atoms with Crippen LogP contribution in [0.3, 0.4) is 0 Å². The summed E-state index contributed by atoms with van der Waals surface area (Å²) in [6.45, 7) is 6.70. The Morgan fingerprint density at radius 3 is 2.94 bits per heavy atom. The topological polar surface area (TPSA) is 32.3 Å². The second-order valence-electron chi connectivity index (χ2n) is 4.72. The number of nitrogens with zero attached hydrogens (tertiary/aromatic N) is 1. The van der Waals surface area contributed by atoms with Gasteiger partial charge in [-0.2, -0.15) is 0 Å². The van der Waals surface area contributed by atoms with Crippen LogP contribution in [0.2, 0.25) is 0 Å². The monoisotopic (exact) mass is 232 g/mol. The minimum Gasteiger partial charge on any atom is -0.381 e. The SMILES string of the molecule is CCCc1ccc2c(c1)N(C(C)=O)C(C)CN2. The highest BCUT2D eigenvalue weighted by molar-refractivity contribution is 5.97. The van der Waals surface area contributed by atoms with Crippen molar-refractivity contribution in [3.05, 3.63) is 23.8 Å². The highest BCUT2D eigenvalue weighted by Gasteiger charge is 2.25. The molecule has 1 amide bonds. The van der Waals surface area contributed by atoms with E-state index in [1.807, 2.05) is 4.90 Å². The molecule has 0 aromatic heterocycles. The summed E-state index contributed by atoms with van der Waals surface area (Å²) in [4.78, 5) is 13.6. The third kappa shape index (κ3) is 2.28. The smallest absolute Gasteiger partial charge is 0.224 e. The number of benzene rings is 1. The van der Waals surface area contributed by atoms with Crippen molar-refractivity contribution in [3.8, 4) is 0 Å². The average molecular weight is 232 g/mol. The van der Waals surface area contributed by atoms with E-state index in [2.05, 4.69) is 37.4 Å². The molecule has 92 valence electrons. The van der Waals surface area contributed by atoms with E-state index in [9.17, 15) is 4.79 Å². The van der Waals surface area contributed by atoms with E-state index in [0.717, 1.165) is 30.8 Å². The Kier molecular flexibility index (Phi) is 3.36. The van der Waals surface area contributed by atoms with Gasteiger partial charge in [-0.25, -0.2) is 0 Å². The van der Waals surface area contributed by atoms with Gasteiger partial charge in [-0.3, -0.25) is 4.79 Å². The van der Waals surface area contributed by atoms with Crippen molar-refractivity contribution >= 4 is 17.3 Å². The van der Waals surface area contributed by atoms with Crippen LogP contribution in [0.25, 0.3) is 0 Å². The largest absolute Gasteiger partial charge is 0.381 e. The Balaban J connectivity index is 2.41. The van der Waals surface area contributed by atoms with Gasteiger partial charge in [-0.15, -0.1) is 0 Å². The van der Waals surface area contributed by atoms with E-state index < -0.39 is 0 Å². The summed E-state index contributed by atoms with van der Waals surface area (Å²) < 4.78 is 0. The Morgan fingerprint density at radius 1 is 1.53 bits per heavy atom. The third-order valence-electron chi connectivity index (χ3n) is 3.23. The van der Waals surface area contributed by atoms with Gasteiger partial charge in [0.15, 0.2) is 0 Å². The Morgan fingerprint density at radius 2 is 2.29 bits per heavy atom. The van der Waals surface area contributed by atoms with Gasteiger partial charge in [0.1, 0.15) is 0 Å². The molecule has 0 spiro atoms. The molecule has 1 aliphatic rings. The van der Waals surface area contributed by atoms with Crippen molar-refractivity contribution in [2.24, 2.45) is 0 Å². The van der Waals surface area contributed by atoms with Crippen molar-refractivity contribution in [3.63, 3.8) is 0 Å². The van der Waals surface area contributed by atoms with Gasteiger partial charge in [0.05, 0.1) is 17.4 Å². The van der Waals surface area contributed by atoms with E-state index in [1.165, 1.54) is 5.56 Å². The Labute approximate surface area is 103 Å². The van der Waals surface area contributed by atoms with Crippen molar-refractivity contribution in [2.75, 3.05) is 16.8 Å². The van der Waals surface area contributed by atoms with E-state index in [0.29, 0.717) is 0 Å². The Hall–Kier alpha value is -1.51. The molecule has 1 unspecified atom stereocenters. The van der Waals surface area contributed by atoms with Crippen LogP contribution in [-0.4, -0.2) is 18.5 Å². The summed E-state index contributed by atoms with van der Waals surface area (Å²) in [7, 11) is 0. The average Bonchev–Trinajstić information content (AvgIpc) is 2.28. The fourth-order valence-corrected chi connectivity index (χ4v) is 2.44. The molecule has 3 nitrogen and oxygen atoms in total. The lowest BCUT2D eigenvalue weighted by molar-refractivity contribution is -0.116. The summed E-state index contributed by atoms with van der Waals surface area (Å²) in [6, 6.07) is 6.59. The number of fused-ring (bicyclic) bond motifs is 1. The van der Waals surface area contributed by atoms with E-state index in [4.69, 9.17) is 0 Å². The van der Waals surface area contributed by atoms with Crippen molar-refractivity contribution in [2.45, 2.75) is 39.7 Å². The molecule has 0 fully saturated rings. The maximum Gasteiger partial charge on any atom is 0.224 e. The van der Waals surface area contributed by atoms with E-state index in [-0.39, 0.29) is 11.9 Å². The van der Waals surface area contributed by atoms with Crippen LogP contribution < -0.4 is 10.2 Å². The van der Waals surface area contributed by atoms with E-state index >= 15 is 0 Å². The normalized spacial score (nSPS) is 18.5. The van der Waals surface area contributed by atoms with Gasteiger partial charge in [0.25, 0.3) is 0 Å². The first kappa shape index (κ1) is 12.0. The fourth-order valence-electron chi connectivity index (χ4n) is 2.44. The van der Waals surface area contributed by atoms with Crippen LogP contribution in [0.15, 0.2) is 18.2 Å². The van der Waals surface area contributed by atoms with Gasteiger partial charge in [-0.1, -0.05) is 19.4 Å². The molecule has 3 heteroatoms. The van der Waals surface area contributed by atoms with Crippen LogP contribution >= 0.6 is 0 Å². The molecule has 1 atom stereocenters. The highest BCUT2D eigenvalue weighted by atomic mass is 16.2. The molecule has 0 aliphatic carbocycles. The number of carbonyl (C=O) groups excluding carboxylic acids is 1. The zero-order chi connectivity index (χ0) is 12.4. The number of hydrogen-bond acceptors (Lipinski definition) is 2. The predicted octanol–water partition coefficient (Wildman–Crippen LogP) is 2.81. The van der Waals surface area contributed by atoms with Crippen LogP contribution in [0.5, 0.6) is 0 Å². The predicted molar refractivity (Wildman–Crippen MR) is 71.5 cm³/mol. The molecule has 1 heterocycles. The third-order valence-corrected chi connectivity index (χ3v) is 3.23. The van der Waals surface area contributed by atoms with Crippen LogP contribution in [0.1, 0.15) is 32.8 Å². The van der Waals surface area contributed by atoms with E-state index in [1.54, 1.807) is 6.92 Å². The van der Waals surface area contributed by atoms with Crippen molar-refractivity contribution < 1.29 is 4.79 Å². The summed E-state index contributed by atoms with van der Waals surface area (Å²) in [5.41, 5.74) is 3.40. The van der Waals surface area contributed by atoms with Gasteiger partial charge < -0.3 is 10.2 Å². The highest BCUT2D eigenvalue weighted by Crippen LogP contribution is 2.32. The molecular weight excluding hydrogens is 212 g/mol. The molecule has 0 radical (unpaired) electrons. The number of hydrogen-bond donors (Lipinski definition) is 1.